The Hall–Kier alpha value is -2.79. The number of anilines is 1. The summed E-state index contributed by atoms with van der Waals surface area (Å²) >= 11 is 6.10. The van der Waals surface area contributed by atoms with E-state index in [0.717, 1.165) is 16.6 Å². The third kappa shape index (κ3) is 2.26. The lowest BCUT2D eigenvalue weighted by Gasteiger charge is -2.25. The summed E-state index contributed by atoms with van der Waals surface area (Å²) in [5, 5.41) is 12.9. The summed E-state index contributed by atoms with van der Waals surface area (Å²) < 4.78 is 1.98. The molecule has 2 aromatic carbocycles. The number of carboxylic acids is 1. The van der Waals surface area contributed by atoms with Crippen LogP contribution < -0.4 is 5.32 Å². The third-order valence-electron chi connectivity index (χ3n) is 3.87. The Bertz CT molecular complexity index is 961. The maximum Gasteiger partial charge on any atom is 0.352 e. The minimum atomic E-state index is -1.02. The highest BCUT2D eigenvalue weighted by Crippen LogP contribution is 2.34. The molecule has 1 aliphatic rings. The van der Waals surface area contributed by atoms with Gasteiger partial charge in [0.15, 0.2) is 0 Å². The van der Waals surface area contributed by atoms with E-state index in [0.29, 0.717) is 11.0 Å². The standard InChI is InChI=1S/C17H12ClN3O2/c18-11-5-3-4-10(8-11)15-9-13(16(22)23)20-17-19-12-6-1-2-7-14(12)21(15)17/h1-9,15H,(H,19,20)(H,22,23)/t15-/m0/s1. The molecule has 0 unspecified atom stereocenters. The van der Waals surface area contributed by atoms with Gasteiger partial charge in [0.05, 0.1) is 17.1 Å². The average Bonchev–Trinajstić information content (AvgIpc) is 2.92. The van der Waals surface area contributed by atoms with Gasteiger partial charge in [0, 0.05) is 5.02 Å². The monoisotopic (exact) mass is 325 g/mol. The number of nitrogens with zero attached hydrogens (tertiary/aromatic N) is 2. The maximum atomic E-state index is 11.4. The maximum absolute atomic E-state index is 11.4. The smallest absolute Gasteiger partial charge is 0.352 e. The fourth-order valence-corrected chi connectivity index (χ4v) is 3.07. The number of fused-ring (bicyclic) bond motifs is 3. The minimum absolute atomic E-state index is 0.109. The lowest BCUT2D eigenvalue weighted by atomic mass is 10.0. The van der Waals surface area contributed by atoms with Crippen LogP contribution in [0.15, 0.2) is 60.3 Å². The van der Waals surface area contributed by atoms with Crippen molar-refractivity contribution in [2.24, 2.45) is 0 Å². The molecule has 5 nitrogen and oxygen atoms in total. The van der Waals surface area contributed by atoms with Crippen molar-refractivity contribution in [2.45, 2.75) is 6.04 Å². The van der Waals surface area contributed by atoms with Crippen molar-refractivity contribution >= 4 is 34.6 Å². The second-order valence-corrected chi connectivity index (χ2v) is 5.74. The highest BCUT2D eigenvalue weighted by molar-refractivity contribution is 6.30. The van der Waals surface area contributed by atoms with Gasteiger partial charge in [-0.1, -0.05) is 35.9 Å². The van der Waals surface area contributed by atoms with Gasteiger partial charge in [-0.2, -0.15) is 0 Å². The number of para-hydroxylation sites is 2. The Kier molecular flexibility index (Phi) is 3.09. The average molecular weight is 326 g/mol. The fourth-order valence-electron chi connectivity index (χ4n) is 2.87. The van der Waals surface area contributed by atoms with Crippen molar-refractivity contribution in [3.8, 4) is 0 Å². The predicted octanol–water partition coefficient (Wildman–Crippen LogP) is 3.67. The van der Waals surface area contributed by atoms with Gasteiger partial charge in [0.1, 0.15) is 5.70 Å². The number of aromatic nitrogens is 2. The van der Waals surface area contributed by atoms with Crippen LogP contribution in [0.2, 0.25) is 5.02 Å². The zero-order valence-corrected chi connectivity index (χ0v) is 12.7. The first-order valence-electron chi connectivity index (χ1n) is 7.08. The molecule has 0 aliphatic carbocycles. The molecule has 0 radical (unpaired) electrons. The number of imidazole rings is 1. The Balaban J connectivity index is 1.98. The highest BCUT2D eigenvalue weighted by atomic mass is 35.5. The lowest BCUT2D eigenvalue weighted by Crippen LogP contribution is -2.23. The zero-order valence-electron chi connectivity index (χ0n) is 11.9. The lowest BCUT2D eigenvalue weighted by molar-refractivity contribution is -0.132. The van der Waals surface area contributed by atoms with E-state index in [2.05, 4.69) is 10.3 Å². The first kappa shape index (κ1) is 13.8. The molecule has 0 saturated carbocycles. The summed E-state index contributed by atoms with van der Waals surface area (Å²) in [7, 11) is 0. The summed E-state index contributed by atoms with van der Waals surface area (Å²) in [6, 6.07) is 14.8. The molecule has 1 aliphatic heterocycles. The van der Waals surface area contributed by atoms with Crippen molar-refractivity contribution in [2.75, 3.05) is 5.32 Å². The number of rotatable bonds is 2. The van der Waals surface area contributed by atoms with E-state index < -0.39 is 5.97 Å². The highest BCUT2D eigenvalue weighted by Gasteiger charge is 2.27. The fraction of sp³-hybridized carbons (Fsp3) is 0.0588. The normalized spacial score (nSPS) is 16.6. The van der Waals surface area contributed by atoms with Crippen LogP contribution in [0, 0.1) is 0 Å². The quantitative estimate of drug-likeness (QED) is 0.754. The van der Waals surface area contributed by atoms with Crippen molar-refractivity contribution in [1.29, 1.82) is 0 Å². The van der Waals surface area contributed by atoms with Crippen molar-refractivity contribution < 1.29 is 9.90 Å². The first-order chi connectivity index (χ1) is 11.1. The van der Waals surface area contributed by atoms with E-state index in [1.807, 2.05) is 47.0 Å². The molecule has 2 N–H and O–H groups in total. The van der Waals surface area contributed by atoms with Crippen LogP contribution in [-0.2, 0) is 4.79 Å². The van der Waals surface area contributed by atoms with Gasteiger partial charge in [-0.05, 0) is 35.9 Å². The summed E-state index contributed by atoms with van der Waals surface area (Å²) in [4.78, 5) is 15.9. The molecule has 0 saturated heterocycles. The SMILES string of the molecule is O=C(O)C1=C[C@@H](c2cccc(Cl)c2)n2c(nc3ccccc32)N1. The molecule has 3 aromatic rings. The molecule has 114 valence electrons. The molecule has 4 rings (SSSR count). The molecular formula is C17H12ClN3O2. The van der Waals surface area contributed by atoms with E-state index >= 15 is 0 Å². The van der Waals surface area contributed by atoms with Crippen LogP contribution in [0.4, 0.5) is 5.95 Å². The topological polar surface area (TPSA) is 67.1 Å². The number of aliphatic carboxylic acids is 1. The number of hydrogen-bond donors (Lipinski definition) is 2. The van der Waals surface area contributed by atoms with Gasteiger partial charge < -0.3 is 10.4 Å². The summed E-state index contributed by atoms with van der Waals surface area (Å²) in [6.45, 7) is 0. The molecular weight excluding hydrogens is 314 g/mol. The van der Waals surface area contributed by atoms with Crippen molar-refractivity contribution in [3.05, 3.63) is 70.9 Å². The Morgan fingerprint density at radius 1 is 1.22 bits per heavy atom. The first-order valence-corrected chi connectivity index (χ1v) is 7.46. The zero-order chi connectivity index (χ0) is 16.0. The molecule has 1 atom stereocenters. The van der Waals surface area contributed by atoms with Gasteiger partial charge in [-0.25, -0.2) is 9.78 Å². The Morgan fingerprint density at radius 3 is 2.83 bits per heavy atom. The molecule has 2 heterocycles. The number of carboxylic acid groups (broad SMARTS) is 1. The van der Waals surface area contributed by atoms with Crippen LogP contribution in [0.1, 0.15) is 11.6 Å². The molecule has 1 aromatic heterocycles. The van der Waals surface area contributed by atoms with Gasteiger partial charge in [-0.3, -0.25) is 4.57 Å². The van der Waals surface area contributed by atoms with Gasteiger partial charge >= 0.3 is 5.97 Å². The molecule has 0 fully saturated rings. The van der Waals surface area contributed by atoms with E-state index in [1.54, 1.807) is 12.1 Å². The van der Waals surface area contributed by atoms with Crippen LogP contribution in [-0.4, -0.2) is 20.6 Å². The second-order valence-electron chi connectivity index (χ2n) is 5.30. The van der Waals surface area contributed by atoms with Crippen LogP contribution in [0.3, 0.4) is 0 Å². The van der Waals surface area contributed by atoms with Crippen LogP contribution in [0.25, 0.3) is 11.0 Å². The summed E-state index contributed by atoms with van der Waals surface area (Å²) in [6.07, 6.45) is 1.68. The molecule has 0 bridgehead atoms. The molecule has 0 amide bonds. The summed E-state index contributed by atoms with van der Waals surface area (Å²) in [5.41, 5.74) is 2.75. The molecule has 0 spiro atoms. The number of benzene rings is 2. The van der Waals surface area contributed by atoms with Gasteiger partial charge in [-0.15, -0.1) is 0 Å². The largest absolute Gasteiger partial charge is 0.477 e. The van der Waals surface area contributed by atoms with E-state index in [-0.39, 0.29) is 11.7 Å². The Morgan fingerprint density at radius 2 is 2.04 bits per heavy atom. The van der Waals surface area contributed by atoms with E-state index in [9.17, 15) is 9.90 Å². The molecule has 6 heteroatoms. The number of allylic oxidation sites excluding steroid dienone is 1. The Labute approximate surface area is 136 Å². The van der Waals surface area contributed by atoms with E-state index in [1.165, 1.54) is 0 Å². The second kappa shape index (κ2) is 5.14. The third-order valence-corrected chi connectivity index (χ3v) is 4.10. The minimum Gasteiger partial charge on any atom is -0.477 e. The number of carbonyl (C=O) groups is 1. The van der Waals surface area contributed by atoms with Crippen LogP contribution in [0.5, 0.6) is 0 Å². The van der Waals surface area contributed by atoms with Gasteiger partial charge in [0.25, 0.3) is 0 Å². The number of hydrogen-bond acceptors (Lipinski definition) is 3. The number of halogens is 1. The van der Waals surface area contributed by atoms with Crippen LogP contribution >= 0.6 is 11.6 Å². The number of nitrogens with one attached hydrogen (secondary N) is 1. The summed E-state index contributed by atoms with van der Waals surface area (Å²) in [5.74, 6) is -0.508. The van der Waals surface area contributed by atoms with Crippen molar-refractivity contribution in [1.82, 2.24) is 9.55 Å². The van der Waals surface area contributed by atoms with Gasteiger partial charge in [0.2, 0.25) is 5.95 Å². The molecule has 23 heavy (non-hydrogen) atoms. The van der Waals surface area contributed by atoms with Crippen molar-refractivity contribution in [3.63, 3.8) is 0 Å². The van der Waals surface area contributed by atoms with E-state index in [4.69, 9.17) is 11.6 Å². The predicted molar refractivity (Wildman–Crippen MR) is 88.7 cm³/mol.